The van der Waals surface area contributed by atoms with Gasteiger partial charge in [0.1, 0.15) is 17.2 Å². The summed E-state index contributed by atoms with van der Waals surface area (Å²) in [7, 11) is -15.6. The van der Waals surface area contributed by atoms with Crippen molar-refractivity contribution in [1.29, 1.82) is 0 Å². The van der Waals surface area contributed by atoms with Crippen LogP contribution in [0.5, 0.6) is 17.2 Å². The molecule has 0 saturated carbocycles. The Morgan fingerprint density at radius 2 is 0.438 bits per heavy atom. The highest BCUT2D eigenvalue weighted by Gasteiger charge is 2.64. The summed E-state index contributed by atoms with van der Waals surface area (Å²) >= 11 is 0. The van der Waals surface area contributed by atoms with Crippen molar-refractivity contribution < 1.29 is 96.3 Å². The van der Waals surface area contributed by atoms with Crippen molar-refractivity contribution in [3.05, 3.63) is 18.2 Å². The number of rotatable bonds is 15. The van der Waals surface area contributed by atoms with Gasteiger partial charge < -0.3 is 53.1 Å². The summed E-state index contributed by atoms with van der Waals surface area (Å²) in [5, 5.41) is 0. The first-order valence-electron chi connectivity index (χ1n) is 13.0. The smallest absolute Gasteiger partial charge is 0.452 e. The van der Waals surface area contributed by atoms with E-state index >= 15 is 0 Å². The molecule has 0 aromatic heterocycles. The summed E-state index contributed by atoms with van der Waals surface area (Å²) in [6.07, 6.45) is 0. The number of hydrogen-bond donors (Lipinski definition) is 0. The first-order valence-corrected chi connectivity index (χ1v) is 17.9. The van der Waals surface area contributed by atoms with Crippen LogP contribution in [-0.2, 0) is 83.0 Å². The molecule has 24 heteroatoms. The molecule has 0 heterocycles. The number of carbonyl (C=O) groups is 9. The van der Waals surface area contributed by atoms with E-state index in [1.54, 1.807) is 0 Å². The van der Waals surface area contributed by atoms with E-state index in [0.29, 0.717) is 0 Å². The molecule has 0 aliphatic heterocycles. The van der Waals surface area contributed by atoms with Crippen LogP contribution in [-0.4, -0.2) is 80.9 Å². The zero-order valence-electron chi connectivity index (χ0n) is 26.8. The molecule has 0 atom stereocenters. The fourth-order valence-corrected chi connectivity index (χ4v) is 8.25. The van der Waals surface area contributed by atoms with E-state index in [-0.39, 0.29) is 0 Å². The van der Waals surface area contributed by atoms with Crippen molar-refractivity contribution in [3.63, 3.8) is 0 Å². The standard InChI is InChI=1S/C24H30O21Si3/c1-13(25)34-46(35-14(2)26,36-15(3)27)43-22-10-23(44-47(37-16(4)28,38-17(5)29)39-18(6)30)12-24(11-22)45-48(40-19(7)31,41-20(8)32)42-21(9)33/h10-12H,1-9H3. The Balaban J connectivity index is 4.16. The predicted molar refractivity (Wildman–Crippen MR) is 151 cm³/mol. The van der Waals surface area contributed by atoms with Crippen LogP contribution >= 0.6 is 0 Å². The van der Waals surface area contributed by atoms with Gasteiger partial charge in [0, 0.05) is 80.5 Å². The molecule has 1 rings (SSSR count). The Kier molecular flexibility index (Phi) is 14.3. The fourth-order valence-electron chi connectivity index (χ4n) is 3.11. The van der Waals surface area contributed by atoms with E-state index < -0.39 is 98.1 Å². The van der Waals surface area contributed by atoms with Crippen molar-refractivity contribution in [3.8, 4) is 17.2 Å². The van der Waals surface area contributed by atoms with Gasteiger partial charge >= 0.3 is 27.1 Å². The Morgan fingerprint density at radius 1 is 0.312 bits per heavy atom. The lowest BCUT2D eigenvalue weighted by Crippen LogP contribution is -2.56. The third-order valence-electron chi connectivity index (χ3n) is 4.00. The molecule has 0 amide bonds. The lowest BCUT2D eigenvalue weighted by molar-refractivity contribution is -0.156. The molecule has 1 aromatic rings. The minimum Gasteiger partial charge on any atom is -0.452 e. The van der Waals surface area contributed by atoms with Gasteiger partial charge in [-0.2, -0.15) is 0 Å². The number of benzene rings is 1. The molecule has 0 unspecified atom stereocenters. The van der Waals surface area contributed by atoms with Crippen LogP contribution in [0.15, 0.2) is 18.2 Å². The molecular formula is C24H30O21Si3. The Bertz CT molecular complexity index is 1170. The second kappa shape index (κ2) is 16.9. The van der Waals surface area contributed by atoms with Crippen LogP contribution in [0.4, 0.5) is 0 Å². The highest BCUT2D eigenvalue weighted by atomic mass is 28.4. The maximum Gasteiger partial charge on any atom is 0.972 e. The highest BCUT2D eigenvalue weighted by Crippen LogP contribution is 2.34. The van der Waals surface area contributed by atoms with Crippen LogP contribution in [0.2, 0.25) is 0 Å². The number of carbonyl (C=O) groups excluding carboxylic acids is 9. The second-order valence-electron chi connectivity index (χ2n) is 8.79. The monoisotopic (exact) mass is 738 g/mol. The summed E-state index contributed by atoms with van der Waals surface area (Å²) in [4.78, 5) is 108. The molecule has 0 saturated heterocycles. The molecule has 264 valence electrons. The van der Waals surface area contributed by atoms with E-state index in [9.17, 15) is 43.2 Å². The van der Waals surface area contributed by atoms with E-state index in [2.05, 4.69) is 0 Å². The van der Waals surface area contributed by atoms with E-state index in [1.165, 1.54) is 0 Å². The molecule has 0 radical (unpaired) electrons. The quantitative estimate of drug-likeness (QED) is 0.217. The molecule has 48 heavy (non-hydrogen) atoms. The van der Waals surface area contributed by atoms with E-state index in [0.717, 1.165) is 80.5 Å². The topological polar surface area (TPSA) is 264 Å². The molecule has 21 nitrogen and oxygen atoms in total. The highest BCUT2D eigenvalue weighted by molar-refractivity contribution is 6.61. The van der Waals surface area contributed by atoms with Crippen molar-refractivity contribution in [2.75, 3.05) is 0 Å². The molecule has 0 N–H and O–H groups in total. The van der Waals surface area contributed by atoms with Gasteiger partial charge in [0.2, 0.25) is 0 Å². The van der Waals surface area contributed by atoms with Gasteiger partial charge in [-0.3, -0.25) is 43.2 Å². The van der Waals surface area contributed by atoms with Gasteiger partial charge in [0.05, 0.1) is 0 Å². The summed E-state index contributed by atoms with van der Waals surface area (Å²) in [6.45, 7) is 7.63. The molecule has 0 aliphatic rings. The first kappa shape index (κ1) is 40.5. The van der Waals surface area contributed by atoms with Crippen LogP contribution < -0.4 is 13.3 Å². The average molecular weight is 739 g/mol. The maximum absolute atomic E-state index is 12.0. The largest absolute Gasteiger partial charge is 0.972 e. The molecule has 1 aromatic carbocycles. The third-order valence-corrected chi connectivity index (χ3v) is 10.3. The number of hydrogen-bond acceptors (Lipinski definition) is 21. The fraction of sp³-hybridized carbons (Fsp3) is 0.375. The Labute approximate surface area is 274 Å². The molecule has 0 aliphatic carbocycles. The van der Waals surface area contributed by atoms with Crippen molar-refractivity contribution >= 4 is 80.9 Å². The van der Waals surface area contributed by atoms with Crippen LogP contribution in [0.25, 0.3) is 0 Å². The van der Waals surface area contributed by atoms with Gasteiger partial charge in [-0.1, -0.05) is 0 Å². The minimum atomic E-state index is -5.20. The minimum absolute atomic E-state index is 0.675. The zero-order chi connectivity index (χ0) is 37.0. The van der Waals surface area contributed by atoms with Crippen LogP contribution in [0.1, 0.15) is 62.3 Å². The predicted octanol–water partition coefficient (Wildman–Crippen LogP) is 0.198. The molecular weight excluding hydrogens is 709 g/mol. The Morgan fingerprint density at radius 3 is 0.542 bits per heavy atom. The second-order valence-corrected chi connectivity index (χ2v) is 14.2. The van der Waals surface area contributed by atoms with Gasteiger partial charge in [-0.25, -0.2) is 0 Å². The lowest BCUT2D eigenvalue weighted by atomic mass is 10.3. The normalized spacial score (nSPS) is 10.9. The summed E-state index contributed by atoms with van der Waals surface area (Å²) < 4.78 is 61.4. The van der Waals surface area contributed by atoms with Crippen LogP contribution in [0.3, 0.4) is 0 Å². The van der Waals surface area contributed by atoms with Gasteiger partial charge in [-0.15, -0.1) is 0 Å². The molecule has 0 bridgehead atoms. The molecule has 0 spiro atoms. The molecule has 0 fully saturated rings. The summed E-state index contributed by atoms with van der Waals surface area (Å²) in [6, 6.07) is 2.45. The summed E-state index contributed by atoms with van der Waals surface area (Å²) in [5.41, 5.74) is 0. The lowest BCUT2D eigenvalue weighted by Gasteiger charge is -2.27. The van der Waals surface area contributed by atoms with E-state index in [1.807, 2.05) is 0 Å². The van der Waals surface area contributed by atoms with Crippen LogP contribution in [0, 0.1) is 0 Å². The van der Waals surface area contributed by atoms with Gasteiger partial charge in [-0.05, 0) is 0 Å². The van der Waals surface area contributed by atoms with Gasteiger partial charge in [0.25, 0.3) is 53.7 Å². The van der Waals surface area contributed by atoms with Crippen molar-refractivity contribution in [2.24, 2.45) is 0 Å². The average Bonchev–Trinajstić information content (AvgIpc) is 2.78. The SMILES string of the molecule is CC(=O)O[Si](OC(C)=O)(OC(C)=O)Oc1cc(O[Si](OC(C)=O)(OC(C)=O)OC(C)=O)cc(O[Si](OC(C)=O)(OC(C)=O)OC(C)=O)c1. The van der Waals surface area contributed by atoms with Gasteiger partial charge in [0.15, 0.2) is 0 Å². The summed E-state index contributed by atoms with van der Waals surface area (Å²) in [5.74, 6) is -12.5. The Hall–Kier alpha value is -5.50. The van der Waals surface area contributed by atoms with Crippen molar-refractivity contribution in [2.45, 2.75) is 62.3 Å². The van der Waals surface area contributed by atoms with Crippen molar-refractivity contribution in [1.82, 2.24) is 0 Å². The third kappa shape index (κ3) is 14.3. The maximum atomic E-state index is 12.0. The first-order chi connectivity index (χ1) is 22.0. The van der Waals surface area contributed by atoms with E-state index in [4.69, 9.17) is 53.1 Å². The zero-order valence-corrected chi connectivity index (χ0v) is 29.8.